The molecule has 8 heterocycles. The van der Waals surface area contributed by atoms with Gasteiger partial charge in [-0.3, -0.25) is 15.0 Å². The average Bonchev–Trinajstić information content (AvgIpc) is 3.91. The van der Waals surface area contributed by atoms with Gasteiger partial charge in [0.1, 0.15) is 29.2 Å². The first kappa shape index (κ1) is 28.6. The molecule has 10 rings (SSSR count). The molecule has 4 aromatic heterocycles. The summed E-state index contributed by atoms with van der Waals surface area (Å²) in [6.07, 6.45) is 13.3. The maximum Gasteiger partial charge on any atom is 0.319 e. The van der Waals surface area contributed by atoms with E-state index in [0.717, 1.165) is 93.3 Å². The molecule has 4 aliphatic rings. The van der Waals surface area contributed by atoms with Gasteiger partial charge in [-0.2, -0.15) is 15.1 Å². The van der Waals surface area contributed by atoms with Crippen molar-refractivity contribution in [2.24, 2.45) is 0 Å². The van der Waals surface area contributed by atoms with Crippen molar-refractivity contribution in [3.8, 4) is 29.6 Å². The molecule has 2 aromatic carbocycles. The van der Waals surface area contributed by atoms with Crippen LogP contribution in [-0.4, -0.2) is 86.6 Å². The monoisotopic (exact) mass is 662 g/mol. The number of nitrogens with one attached hydrogen (secondary N) is 2. The number of H-pyrrole nitrogens is 1. The number of hydrogen-bond donors (Lipinski definition) is 2. The van der Waals surface area contributed by atoms with Crippen molar-refractivity contribution in [1.29, 1.82) is 0 Å². The summed E-state index contributed by atoms with van der Waals surface area (Å²) in [6, 6.07) is 8.21. The summed E-state index contributed by atoms with van der Waals surface area (Å²) in [5, 5.41) is 15.3. The Morgan fingerprint density at radius 3 is 2.83 bits per heavy atom. The largest absolute Gasteiger partial charge is 0.461 e. The van der Waals surface area contributed by atoms with Gasteiger partial charge in [-0.05, 0) is 55.8 Å². The van der Waals surface area contributed by atoms with E-state index in [1.54, 1.807) is 18.5 Å². The highest BCUT2D eigenvalue weighted by Gasteiger charge is 2.49. The van der Waals surface area contributed by atoms with E-state index in [1.165, 1.54) is 17.4 Å². The van der Waals surface area contributed by atoms with Gasteiger partial charge in [0, 0.05) is 66.1 Å². The van der Waals surface area contributed by atoms with Crippen LogP contribution in [0.25, 0.3) is 53.2 Å². The molecule has 4 fully saturated rings. The van der Waals surface area contributed by atoms with Crippen LogP contribution in [0.1, 0.15) is 37.7 Å². The standard InChI is InChI=1S/C36H32F2N8OS/c1-2-23-26(38)7-4-19-12-27-25(14-40-44-27)29(28(19)23)31-32-24(8-10-39-31)30-33(45-16-21-5-6-22(17-45)41-21)42-35(43-34(30)48-32)47-18-36-9-3-11-46(36)15-20(37)13-36/h1,4,7-8,10,12,14,20-22,41H,3,5-6,9,11,13,15-18H2,(H,40,44)/t20-,21?,22?,36-/m0/s1. The minimum absolute atomic E-state index is 0.195. The number of fused-ring (bicyclic) bond motifs is 8. The van der Waals surface area contributed by atoms with E-state index < -0.39 is 12.0 Å². The van der Waals surface area contributed by atoms with Gasteiger partial charge < -0.3 is 15.0 Å². The summed E-state index contributed by atoms with van der Waals surface area (Å²) < 4.78 is 37.2. The SMILES string of the molecule is C#Cc1c(F)ccc2cc3[nH]ncc3c(-c3nccc4c3sc3nc(OC[C@@]56CCCN5C[C@@H](F)C6)nc(N5CC6CCC(C5)N6)c34)c12. The van der Waals surface area contributed by atoms with Crippen LogP contribution in [0.5, 0.6) is 6.01 Å². The van der Waals surface area contributed by atoms with Gasteiger partial charge in [0.05, 0.1) is 38.6 Å². The number of halogens is 2. The molecule has 0 spiro atoms. The van der Waals surface area contributed by atoms with Crippen molar-refractivity contribution in [2.45, 2.75) is 55.9 Å². The number of alkyl halides is 1. The second-order valence-corrected chi connectivity index (χ2v) is 14.8. The number of rotatable bonds is 5. The van der Waals surface area contributed by atoms with Crippen LogP contribution in [-0.2, 0) is 0 Å². The Morgan fingerprint density at radius 2 is 1.98 bits per heavy atom. The lowest BCUT2D eigenvalue weighted by atomic mass is 9.93. The van der Waals surface area contributed by atoms with E-state index in [4.69, 9.17) is 26.1 Å². The van der Waals surface area contributed by atoms with E-state index in [-0.39, 0.29) is 11.1 Å². The Bertz CT molecular complexity index is 2320. The maximum atomic E-state index is 15.2. The lowest BCUT2D eigenvalue weighted by Gasteiger charge is -2.34. The maximum absolute atomic E-state index is 15.2. The fourth-order valence-electron chi connectivity index (χ4n) is 8.92. The molecule has 6 aromatic rings. The Labute approximate surface area is 278 Å². The molecule has 0 aliphatic carbocycles. The molecule has 4 atom stereocenters. The van der Waals surface area contributed by atoms with E-state index in [1.807, 2.05) is 12.1 Å². The number of benzene rings is 2. The van der Waals surface area contributed by atoms with Gasteiger partial charge in [0.15, 0.2) is 0 Å². The fourth-order valence-corrected chi connectivity index (χ4v) is 10.1. The number of nitrogens with zero attached hydrogens (tertiary/aromatic N) is 6. The van der Waals surface area contributed by atoms with Crippen LogP contribution >= 0.6 is 11.3 Å². The fraction of sp³-hybridized carbons (Fsp3) is 0.389. The zero-order chi connectivity index (χ0) is 32.1. The van der Waals surface area contributed by atoms with E-state index in [9.17, 15) is 4.39 Å². The summed E-state index contributed by atoms with van der Waals surface area (Å²) in [4.78, 5) is 20.4. The van der Waals surface area contributed by atoms with Crippen molar-refractivity contribution in [2.75, 3.05) is 37.7 Å². The lowest BCUT2D eigenvalue weighted by Crippen LogP contribution is -2.51. The Kier molecular flexibility index (Phi) is 6.26. The number of aromatic amines is 1. The van der Waals surface area contributed by atoms with Gasteiger partial charge in [0.2, 0.25) is 0 Å². The number of anilines is 1. The highest BCUT2D eigenvalue weighted by molar-refractivity contribution is 7.26. The number of thiophene rings is 1. The van der Waals surface area contributed by atoms with Crippen LogP contribution in [0, 0.1) is 18.2 Å². The van der Waals surface area contributed by atoms with Gasteiger partial charge in [-0.1, -0.05) is 12.0 Å². The second kappa shape index (κ2) is 10.5. The smallest absolute Gasteiger partial charge is 0.319 e. The van der Waals surface area contributed by atoms with Crippen molar-refractivity contribution in [3.05, 3.63) is 48.0 Å². The first-order valence-electron chi connectivity index (χ1n) is 16.7. The van der Waals surface area contributed by atoms with Gasteiger partial charge in [-0.15, -0.1) is 17.8 Å². The van der Waals surface area contributed by atoms with Gasteiger partial charge in [-0.25, -0.2) is 8.78 Å². The zero-order valence-corrected chi connectivity index (χ0v) is 26.9. The normalized spacial score (nSPS) is 25.5. The Balaban J connectivity index is 1.18. The molecule has 4 aliphatic heterocycles. The molecule has 2 bridgehead atoms. The average molecular weight is 663 g/mol. The van der Waals surface area contributed by atoms with Crippen molar-refractivity contribution in [3.63, 3.8) is 0 Å². The first-order chi connectivity index (χ1) is 23.5. The Hall–Kier alpha value is -4.44. The number of hydrogen-bond acceptors (Lipinski definition) is 9. The minimum atomic E-state index is -0.836. The molecule has 4 saturated heterocycles. The summed E-state index contributed by atoms with van der Waals surface area (Å²) in [6.45, 7) is 3.39. The number of ether oxygens (including phenoxy) is 1. The molecule has 12 heteroatoms. The first-order valence-corrected chi connectivity index (χ1v) is 17.5. The number of terminal acetylenes is 1. The molecule has 0 saturated carbocycles. The number of piperazine rings is 1. The molecule has 0 amide bonds. The number of aromatic nitrogens is 5. The summed E-state index contributed by atoms with van der Waals surface area (Å²) in [7, 11) is 0. The lowest BCUT2D eigenvalue weighted by molar-refractivity contribution is 0.107. The number of pyridine rings is 1. The third kappa shape index (κ3) is 4.20. The van der Waals surface area contributed by atoms with Crippen LogP contribution in [0.2, 0.25) is 0 Å². The molecular formula is C36H32F2N8OS. The predicted molar refractivity (Wildman–Crippen MR) is 184 cm³/mol. The zero-order valence-electron chi connectivity index (χ0n) is 26.1. The van der Waals surface area contributed by atoms with Crippen molar-refractivity contribution >= 4 is 59.1 Å². The Morgan fingerprint density at radius 1 is 1.10 bits per heavy atom. The summed E-state index contributed by atoms with van der Waals surface area (Å²) in [5.41, 5.74) is 2.11. The molecule has 2 unspecified atom stereocenters. The predicted octanol–water partition coefficient (Wildman–Crippen LogP) is 5.95. The molecule has 242 valence electrons. The summed E-state index contributed by atoms with van der Waals surface area (Å²) in [5.74, 6) is 2.99. The van der Waals surface area contributed by atoms with Crippen molar-refractivity contribution in [1.82, 2.24) is 35.4 Å². The minimum Gasteiger partial charge on any atom is -0.461 e. The topological polar surface area (TPSA) is 95.1 Å². The molecule has 9 nitrogen and oxygen atoms in total. The highest BCUT2D eigenvalue weighted by Crippen LogP contribution is 2.47. The van der Waals surface area contributed by atoms with Crippen molar-refractivity contribution < 1.29 is 13.5 Å². The summed E-state index contributed by atoms with van der Waals surface area (Å²) >= 11 is 1.52. The second-order valence-electron chi connectivity index (χ2n) is 13.8. The van der Waals surface area contributed by atoms with Crippen LogP contribution in [0.15, 0.2) is 36.7 Å². The van der Waals surface area contributed by atoms with Crippen LogP contribution < -0.4 is 15.0 Å². The van der Waals surface area contributed by atoms with E-state index in [2.05, 4.69) is 31.2 Å². The quantitative estimate of drug-likeness (QED) is 0.219. The van der Waals surface area contributed by atoms with E-state index >= 15 is 4.39 Å². The highest BCUT2D eigenvalue weighted by atomic mass is 32.1. The van der Waals surface area contributed by atoms with Gasteiger partial charge in [0.25, 0.3) is 0 Å². The molecular weight excluding hydrogens is 631 g/mol. The van der Waals surface area contributed by atoms with Crippen LogP contribution in [0.4, 0.5) is 14.6 Å². The molecule has 2 N–H and O–H groups in total. The third-order valence-corrected chi connectivity index (χ3v) is 12.1. The van der Waals surface area contributed by atoms with Gasteiger partial charge >= 0.3 is 6.01 Å². The van der Waals surface area contributed by atoms with E-state index in [0.29, 0.717) is 48.7 Å². The third-order valence-electron chi connectivity index (χ3n) is 11.0. The molecule has 48 heavy (non-hydrogen) atoms. The molecule has 0 radical (unpaired) electrons. The van der Waals surface area contributed by atoms with Crippen LogP contribution in [0.3, 0.4) is 0 Å².